The van der Waals surface area contributed by atoms with Crippen LogP contribution in [-0.4, -0.2) is 25.4 Å². The second kappa shape index (κ2) is 4.76. The van der Waals surface area contributed by atoms with Crippen LogP contribution in [0, 0.1) is 0 Å². The monoisotopic (exact) mass is 204 g/mol. The Bertz CT molecular complexity index is 134. The molecular formula is C7H12F4O2. The molecule has 0 N–H and O–H groups in total. The smallest absolute Gasteiger partial charge is 0.348 e. The molecule has 0 aliphatic carbocycles. The Labute approximate surface area is 73.8 Å². The Morgan fingerprint density at radius 1 is 1.15 bits per heavy atom. The van der Waals surface area contributed by atoms with Crippen LogP contribution in [0.4, 0.5) is 17.6 Å². The van der Waals surface area contributed by atoms with Crippen LogP contribution in [-0.2, 0) is 9.47 Å². The number of halogens is 4. The summed E-state index contributed by atoms with van der Waals surface area (Å²) in [7, 11) is 0. The molecule has 0 atom stereocenters. The van der Waals surface area contributed by atoms with E-state index in [-0.39, 0.29) is 5.79 Å². The molecule has 0 bridgehead atoms. The number of alkyl halides is 4. The molecule has 2 nitrogen and oxygen atoms in total. The van der Waals surface area contributed by atoms with Gasteiger partial charge in [0.05, 0.1) is 13.2 Å². The Morgan fingerprint density at radius 3 is 1.62 bits per heavy atom. The van der Waals surface area contributed by atoms with E-state index in [4.69, 9.17) is 9.47 Å². The zero-order valence-corrected chi connectivity index (χ0v) is 7.45. The van der Waals surface area contributed by atoms with Crippen LogP contribution in [0.5, 0.6) is 0 Å². The van der Waals surface area contributed by atoms with Crippen molar-refractivity contribution in [1.29, 1.82) is 0 Å². The van der Waals surface area contributed by atoms with Crippen LogP contribution in [0.15, 0.2) is 0 Å². The van der Waals surface area contributed by atoms with Gasteiger partial charge < -0.3 is 9.47 Å². The molecule has 1 fully saturated rings. The molecule has 0 unspecified atom stereocenters. The van der Waals surface area contributed by atoms with Crippen LogP contribution in [0.3, 0.4) is 0 Å². The molecule has 1 heterocycles. The lowest BCUT2D eigenvalue weighted by Crippen LogP contribution is -2.23. The van der Waals surface area contributed by atoms with Crippen LogP contribution in [0.2, 0.25) is 0 Å². The summed E-state index contributed by atoms with van der Waals surface area (Å²) in [6, 6.07) is 0. The first-order valence-corrected chi connectivity index (χ1v) is 3.80. The van der Waals surface area contributed by atoms with Gasteiger partial charge in [0.2, 0.25) is 0 Å². The maximum Gasteiger partial charge on any atom is 0.559 e. The summed E-state index contributed by atoms with van der Waals surface area (Å²) in [4.78, 5) is 0. The van der Waals surface area contributed by atoms with Crippen molar-refractivity contribution in [2.75, 3.05) is 13.2 Å². The summed E-state index contributed by atoms with van der Waals surface area (Å²) in [5.74, 6) is -0.264. The van der Waals surface area contributed by atoms with E-state index in [1.54, 1.807) is 0 Å². The molecule has 0 aromatic rings. The first-order chi connectivity index (χ1) is 5.77. The van der Waals surface area contributed by atoms with E-state index in [0.29, 0.717) is 0 Å². The Hall–Kier alpha value is -0.360. The van der Waals surface area contributed by atoms with Crippen molar-refractivity contribution in [3.63, 3.8) is 0 Å². The highest BCUT2D eigenvalue weighted by molar-refractivity contribution is 4.64. The maximum absolute atomic E-state index is 9.69. The molecule has 13 heavy (non-hydrogen) atoms. The molecule has 0 spiro atoms. The minimum absolute atomic E-state index is 0.264. The van der Waals surface area contributed by atoms with Gasteiger partial charge in [-0.15, -0.1) is 17.6 Å². The fourth-order valence-electron chi connectivity index (χ4n) is 0.761. The van der Waals surface area contributed by atoms with Crippen LogP contribution in [0.25, 0.3) is 0 Å². The molecule has 0 aromatic carbocycles. The summed E-state index contributed by atoms with van der Waals surface area (Å²) in [5.41, 5.74) is 0. The van der Waals surface area contributed by atoms with Gasteiger partial charge in [-0.25, -0.2) is 0 Å². The van der Waals surface area contributed by atoms with E-state index in [9.17, 15) is 17.6 Å². The molecule has 1 aliphatic rings. The second-order valence-electron chi connectivity index (χ2n) is 2.61. The van der Waals surface area contributed by atoms with Crippen molar-refractivity contribution in [1.82, 2.24) is 0 Å². The number of hydrogen-bond acceptors (Lipinski definition) is 2. The lowest BCUT2D eigenvalue weighted by Gasteiger charge is -2.18. The molecule has 1 rings (SSSR count). The molecule has 1 aliphatic heterocycles. The first kappa shape index (κ1) is 12.6. The van der Waals surface area contributed by atoms with Gasteiger partial charge in [0.15, 0.2) is 5.79 Å². The maximum atomic E-state index is 9.69. The highest BCUT2D eigenvalue weighted by atomic mass is 19.5. The van der Waals surface area contributed by atoms with Gasteiger partial charge in [-0.2, -0.15) is 0 Å². The summed E-state index contributed by atoms with van der Waals surface area (Å²) in [5, 5.41) is 0. The molecule has 1 saturated heterocycles. The highest BCUT2D eigenvalue weighted by Gasteiger charge is 2.27. The number of ether oxygens (including phenoxy) is 2. The van der Waals surface area contributed by atoms with Gasteiger partial charge in [-0.05, 0) is 13.3 Å². The normalized spacial score (nSPS) is 20.8. The van der Waals surface area contributed by atoms with Crippen molar-refractivity contribution in [2.45, 2.75) is 32.5 Å². The van der Waals surface area contributed by atoms with Gasteiger partial charge >= 0.3 is 6.43 Å². The third kappa shape index (κ3) is 7.98. The van der Waals surface area contributed by atoms with Crippen molar-refractivity contribution in [3.05, 3.63) is 0 Å². The summed E-state index contributed by atoms with van der Waals surface area (Å²) < 4.78 is 49.3. The van der Waals surface area contributed by atoms with Crippen molar-refractivity contribution >= 4 is 0 Å². The minimum Gasteiger partial charge on any atom is -0.348 e. The van der Waals surface area contributed by atoms with Crippen molar-refractivity contribution in [2.24, 2.45) is 0 Å². The van der Waals surface area contributed by atoms with Crippen LogP contribution >= 0.6 is 0 Å². The van der Waals surface area contributed by atoms with Crippen LogP contribution in [0.1, 0.15) is 20.3 Å². The average Bonchev–Trinajstić information content (AvgIpc) is 2.34. The standard InChI is InChI=1S/C6H12O2.CF4/c1-3-6(2)7-4-5-8-6;2-1(3,4)5/h3-5H2,1-2H3;. The fourth-order valence-corrected chi connectivity index (χ4v) is 0.761. The van der Waals surface area contributed by atoms with E-state index in [1.807, 2.05) is 6.92 Å². The predicted molar refractivity (Wildman–Crippen MR) is 37.8 cm³/mol. The van der Waals surface area contributed by atoms with Crippen LogP contribution < -0.4 is 0 Å². The van der Waals surface area contributed by atoms with E-state index < -0.39 is 6.43 Å². The Morgan fingerprint density at radius 2 is 1.46 bits per heavy atom. The van der Waals surface area contributed by atoms with Gasteiger partial charge in [0, 0.05) is 0 Å². The predicted octanol–water partition coefficient (Wildman–Crippen LogP) is 2.64. The largest absolute Gasteiger partial charge is 0.559 e. The summed E-state index contributed by atoms with van der Waals surface area (Å²) in [6.07, 6.45) is -4.56. The third-order valence-electron chi connectivity index (χ3n) is 1.54. The first-order valence-electron chi connectivity index (χ1n) is 3.80. The van der Waals surface area contributed by atoms with Gasteiger partial charge in [-0.3, -0.25) is 0 Å². The molecular weight excluding hydrogens is 192 g/mol. The Kier molecular flexibility index (Phi) is 4.63. The van der Waals surface area contributed by atoms with Crippen molar-refractivity contribution < 1.29 is 27.0 Å². The fraction of sp³-hybridized carbons (Fsp3) is 1.00. The van der Waals surface area contributed by atoms with E-state index >= 15 is 0 Å². The summed E-state index contributed by atoms with van der Waals surface area (Å²) >= 11 is 0. The average molecular weight is 204 g/mol. The van der Waals surface area contributed by atoms with E-state index in [2.05, 4.69) is 6.92 Å². The lowest BCUT2D eigenvalue weighted by molar-refractivity contribution is -0.237. The van der Waals surface area contributed by atoms with E-state index in [1.165, 1.54) is 0 Å². The number of hydrogen-bond donors (Lipinski definition) is 0. The molecule has 80 valence electrons. The molecule has 0 amide bonds. The van der Waals surface area contributed by atoms with Crippen molar-refractivity contribution in [3.8, 4) is 0 Å². The Balaban J connectivity index is 0.000000252. The SMILES string of the molecule is CCC1(C)OCCO1.FC(F)(F)F. The molecule has 6 heteroatoms. The second-order valence-corrected chi connectivity index (χ2v) is 2.61. The molecule has 0 aromatic heterocycles. The number of rotatable bonds is 1. The third-order valence-corrected chi connectivity index (χ3v) is 1.54. The highest BCUT2D eigenvalue weighted by Crippen LogP contribution is 2.21. The molecule has 0 saturated carbocycles. The summed E-state index contributed by atoms with van der Waals surface area (Å²) in [6.45, 7) is 5.54. The zero-order chi connectivity index (χ0) is 10.5. The topological polar surface area (TPSA) is 18.5 Å². The van der Waals surface area contributed by atoms with Gasteiger partial charge in [-0.1, -0.05) is 6.92 Å². The van der Waals surface area contributed by atoms with Gasteiger partial charge in [0.1, 0.15) is 0 Å². The lowest BCUT2D eigenvalue weighted by atomic mass is 10.2. The van der Waals surface area contributed by atoms with E-state index in [0.717, 1.165) is 19.6 Å². The minimum atomic E-state index is -5.50. The quantitative estimate of drug-likeness (QED) is 0.611. The zero-order valence-electron chi connectivity index (χ0n) is 7.45. The van der Waals surface area contributed by atoms with Gasteiger partial charge in [0.25, 0.3) is 0 Å². The molecule has 0 radical (unpaired) electrons.